The molecule has 1 aromatic rings. The number of hydrogen-bond acceptors (Lipinski definition) is 3. The third kappa shape index (κ3) is 2.08. The van der Waals surface area contributed by atoms with Crippen LogP contribution < -0.4 is 5.73 Å². The average Bonchev–Trinajstić information content (AvgIpc) is 2.02. The second kappa shape index (κ2) is 3.47. The molecule has 1 aromatic carbocycles. The Morgan fingerprint density at radius 3 is 2.46 bits per heavy atom. The molecule has 0 aromatic heterocycles. The fourth-order valence-corrected chi connectivity index (χ4v) is 2.30. The summed E-state index contributed by atoms with van der Waals surface area (Å²) in [4.78, 5) is 0.371. The van der Waals surface area contributed by atoms with E-state index in [1.165, 1.54) is 6.26 Å². The van der Waals surface area contributed by atoms with Crippen molar-refractivity contribution in [2.75, 3.05) is 6.26 Å². The molecule has 2 N–H and O–H groups in total. The molecule has 13 heavy (non-hydrogen) atoms. The first-order valence-electron chi connectivity index (χ1n) is 3.95. The second-order valence-corrected chi connectivity index (χ2v) is 5.00. The summed E-state index contributed by atoms with van der Waals surface area (Å²) in [5, 5.41) is 0. The van der Waals surface area contributed by atoms with Crippen molar-refractivity contribution in [3.05, 3.63) is 29.3 Å². The number of benzene rings is 1. The van der Waals surface area contributed by atoms with Crippen molar-refractivity contribution in [3.63, 3.8) is 0 Å². The van der Waals surface area contributed by atoms with Crippen LogP contribution in [-0.2, 0) is 16.4 Å². The summed E-state index contributed by atoms with van der Waals surface area (Å²) in [6.45, 7) is 2.15. The summed E-state index contributed by atoms with van der Waals surface area (Å²) in [5.41, 5.74) is 7.10. The van der Waals surface area contributed by atoms with E-state index in [4.69, 9.17) is 5.73 Å². The van der Waals surface area contributed by atoms with Crippen LogP contribution in [0, 0.1) is 6.92 Å². The van der Waals surface area contributed by atoms with E-state index in [2.05, 4.69) is 0 Å². The van der Waals surface area contributed by atoms with Gasteiger partial charge < -0.3 is 5.73 Å². The van der Waals surface area contributed by atoms with Crippen molar-refractivity contribution in [2.24, 2.45) is 5.73 Å². The third-order valence-corrected chi connectivity index (χ3v) is 3.26. The highest BCUT2D eigenvalue weighted by Crippen LogP contribution is 2.17. The topological polar surface area (TPSA) is 60.2 Å². The van der Waals surface area contributed by atoms with Gasteiger partial charge in [0.25, 0.3) is 0 Å². The van der Waals surface area contributed by atoms with Crippen LogP contribution in [0.4, 0.5) is 0 Å². The van der Waals surface area contributed by atoms with Crippen LogP contribution in [0.3, 0.4) is 0 Å². The molecule has 0 fully saturated rings. The van der Waals surface area contributed by atoms with E-state index in [0.717, 1.165) is 11.1 Å². The Hall–Kier alpha value is -0.870. The van der Waals surface area contributed by atoms with Gasteiger partial charge in [0.1, 0.15) is 0 Å². The largest absolute Gasteiger partial charge is 0.326 e. The molecular weight excluding hydrogens is 186 g/mol. The molecule has 0 atom stereocenters. The highest BCUT2D eigenvalue weighted by molar-refractivity contribution is 7.90. The molecular formula is C9H13NO2S. The normalized spacial score (nSPS) is 11.6. The van der Waals surface area contributed by atoms with E-state index in [1.807, 2.05) is 6.07 Å². The molecule has 0 heterocycles. The quantitative estimate of drug-likeness (QED) is 0.768. The van der Waals surface area contributed by atoms with Crippen LogP contribution in [-0.4, -0.2) is 14.7 Å². The Morgan fingerprint density at radius 2 is 2.00 bits per heavy atom. The minimum absolute atomic E-state index is 0.370. The molecule has 0 aliphatic heterocycles. The lowest BCUT2D eigenvalue weighted by Gasteiger charge is -2.07. The highest BCUT2D eigenvalue weighted by Gasteiger charge is 2.11. The van der Waals surface area contributed by atoms with Crippen LogP contribution in [0.1, 0.15) is 11.1 Å². The van der Waals surface area contributed by atoms with Crippen molar-refractivity contribution in [1.82, 2.24) is 0 Å². The van der Waals surface area contributed by atoms with Gasteiger partial charge in [-0.1, -0.05) is 12.1 Å². The summed E-state index contributed by atoms with van der Waals surface area (Å²) in [6.07, 6.45) is 1.20. The lowest BCUT2D eigenvalue weighted by molar-refractivity contribution is 0.601. The maximum atomic E-state index is 11.3. The molecule has 3 nitrogen and oxygen atoms in total. The van der Waals surface area contributed by atoms with Crippen molar-refractivity contribution in [3.8, 4) is 0 Å². The highest BCUT2D eigenvalue weighted by atomic mass is 32.2. The van der Waals surface area contributed by atoms with E-state index >= 15 is 0 Å². The molecule has 1 rings (SSSR count). The minimum Gasteiger partial charge on any atom is -0.326 e. The molecule has 0 aliphatic carbocycles. The molecule has 72 valence electrons. The van der Waals surface area contributed by atoms with Crippen molar-refractivity contribution in [1.29, 1.82) is 0 Å². The summed E-state index contributed by atoms with van der Waals surface area (Å²) in [6, 6.07) is 5.15. The fraction of sp³-hybridized carbons (Fsp3) is 0.333. The molecule has 0 unspecified atom stereocenters. The second-order valence-electron chi connectivity index (χ2n) is 3.02. The number of nitrogens with two attached hydrogens (primary N) is 1. The Bertz CT molecular complexity index is 410. The van der Waals surface area contributed by atoms with Crippen molar-refractivity contribution >= 4 is 9.84 Å². The van der Waals surface area contributed by atoms with Gasteiger partial charge in [-0.05, 0) is 24.1 Å². The zero-order valence-corrected chi connectivity index (χ0v) is 8.56. The van der Waals surface area contributed by atoms with Crippen LogP contribution in [0.2, 0.25) is 0 Å². The molecule has 0 amide bonds. The van der Waals surface area contributed by atoms with Crippen LogP contribution in [0.15, 0.2) is 23.1 Å². The van der Waals surface area contributed by atoms with Crippen LogP contribution in [0.5, 0.6) is 0 Å². The predicted octanol–water partition coefficient (Wildman–Crippen LogP) is 0.857. The first-order chi connectivity index (χ1) is 5.96. The minimum atomic E-state index is -3.12. The number of sulfone groups is 1. The summed E-state index contributed by atoms with van der Waals surface area (Å²) < 4.78 is 22.6. The molecule has 0 spiro atoms. The first kappa shape index (κ1) is 10.2. The molecule has 0 aliphatic rings. The lowest BCUT2D eigenvalue weighted by atomic mass is 10.1. The first-order valence-corrected chi connectivity index (χ1v) is 5.84. The van der Waals surface area contributed by atoms with E-state index < -0.39 is 9.84 Å². The molecule has 0 bridgehead atoms. The van der Waals surface area contributed by atoms with E-state index in [-0.39, 0.29) is 0 Å². The van der Waals surface area contributed by atoms with E-state index in [0.29, 0.717) is 11.4 Å². The van der Waals surface area contributed by atoms with Gasteiger partial charge in [-0.15, -0.1) is 0 Å². The zero-order valence-electron chi connectivity index (χ0n) is 7.74. The molecule has 0 radical (unpaired) electrons. The fourth-order valence-electron chi connectivity index (χ4n) is 1.28. The van der Waals surface area contributed by atoms with Crippen LogP contribution >= 0.6 is 0 Å². The van der Waals surface area contributed by atoms with Gasteiger partial charge in [-0.3, -0.25) is 0 Å². The van der Waals surface area contributed by atoms with Gasteiger partial charge in [-0.25, -0.2) is 8.42 Å². The standard InChI is InChI=1S/C9H13NO2S/c1-7-8(6-10)4-3-5-9(7)13(2,11)12/h3-5H,6,10H2,1-2H3. The van der Waals surface area contributed by atoms with Gasteiger partial charge >= 0.3 is 0 Å². The Balaban J connectivity index is 3.41. The summed E-state index contributed by atoms with van der Waals surface area (Å²) in [7, 11) is -3.12. The predicted molar refractivity (Wildman–Crippen MR) is 52.2 cm³/mol. The maximum absolute atomic E-state index is 11.3. The Labute approximate surface area is 78.5 Å². The van der Waals surface area contributed by atoms with Gasteiger partial charge in [0.05, 0.1) is 4.90 Å². The van der Waals surface area contributed by atoms with Gasteiger partial charge in [0.2, 0.25) is 0 Å². The Morgan fingerprint density at radius 1 is 1.38 bits per heavy atom. The van der Waals surface area contributed by atoms with Crippen LogP contribution in [0.25, 0.3) is 0 Å². The SMILES string of the molecule is Cc1c(CN)cccc1S(C)(=O)=O. The monoisotopic (exact) mass is 199 g/mol. The average molecular weight is 199 g/mol. The summed E-state index contributed by atoms with van der Waals surface area (Å²) in [5.74, 6) is 0. The van der Waals surface area contributed by atoms with Crippen molar-refractivity contribution in [2.45, 2.75) is 18.4 Å². The summed E-state index contributed by atoms with van der Waals surface area (Å²) >= 11 is 0. The van der Waals surface area contributed by atoms with E-state index in [9.17, 15) is 8.42 Å². The zero-order chi connectivity index (χ0) is 10.1. The molecule has 4 heteroatoms. The number of hydrogen-bond donors (Lipinski definition) is 1. The maximum Gasteiger partial charge on any atom is 0.175 e. The third-order valence-electron chi connectivity index (χ3n) is 2.02. The van der Waals surface area contributed by atoms with Gasteiger partial charge in [0, 0.05) is 12.8 Å². The molecule has 0 saturated carbocycles. The molecule has 0 saturated heterocycles. The Kier molecular flexibility index (Phi) is 2.73. The lowest BCUT2D eigenvalue weighted by Crippen LogP contribution is -2.05. The van der Waals surface area contributed by atoms with Gasteiger partial charge in [-0.2, -0.15) is 0 Å². The smallest absolute Gasteiger partial charge is 0.175 e. The van der Waals surface area contributed by atoms with Gasteiger partial charge in [0.15, 0.2) is 9.84 Å². The van der Waals surface area contributed by atoms with E-state index in [1.54, 1.807) is 19.1 Å². The van der Waals surface area contributed by atoms with Crippen molar-refractivity contribution < 1.29 is 8.42 Å². The number of rotatable bonds is 2.